The van der Waals surface area contributed by atoms with Crippen molar-refractivity contribution in [2.24, 2.45) is 0 Å². The average molecular weight is 337 g/mol. The quantitative estimate of drug-likeness (QED) is 0.832. The van der Waals surface area contributed by atoms with E-state index in [-0.39, 0.29) is 18.8 Å². The van der Waals surface area contributed by atoms with Crippen LogP contribution in [0.5, 0.6) is 5.75 Å². The van der Waals surface area contributed by atoms with Crippen molar-refractivity contribution in [3.8, 4) is 5.75 Å². The molecular formula is C14H15F4NO4. The van der Waals surface area contributed by atoms with Crippen molar-refractivity contribution >= 4 is 5.91 Å². The van der Waals surface area contributed by atoms with Crippen molar-refractivity contribution in [1.82, 2.24) is 4.90 Å². The molecule has 1 aliphatic rings. The van der Waals surface area contributed by atoms with Gasteiger partial charge in [-0.1, -0.05) is 12.1 Å². The van der Waals surface area contributed by atoms with Crippen molar-refractivity contribution in [2.45, 2.75) is 24.7 Å². The van der Waals surface area contributed by atoms with Crippen molar-refractivity contribution in [2.75, 3.05) is 20.3 Å². The number of aliphatic hydroxyl groups is 1. The van der Waals surface area contributed by atoms with Crippen LogP contribution in [0.2, 0.25) is 0 Å². The first-order valence-corrected chi connectivity index (χ1v) is 6.71. The molecule has 0 bridgehead atoms. The van der Waals surface area contributed by atoms with E-state index in [0.717, 1.165) is 11.0 Å². The monoisotopic (exact) mass is 337 g/mol. The Morgan fingerprint density at radius 1 is 1.39 bits per heavy atom. The number of likely N-dealkylation sites (N-methyl/N-ethyl adjacent to an activating group) is 1. The van der Waals surface area contributed by atoms with Gasteiger partial charge in [0, 0.05) is 7.05 Å². The lowest BCUT2D eigenvalue weighted by atomic mass is 10.1. The van der Waals surface area contributed by atoms with E-state index in [1.165, 1.54) is 25.2 Å². The van der Waals surface area contributed by atoms with Gasteiger partial charge in [-0.15, -0.1) is 0 Å². The summed E-state index contributed by atoms with van der Waals surface area (Å²) in [6.07, 6.45) is -9.67. The van der Waals surface area contributed by atoms with E-state index in [0.29, 0.717) is 0 Å². The number of rotatable bonds is 5. The minimum absolute atomic E-state index is 0.0455. The number of carbonyl (C=O) groups excluding carboxylic acids is 1. The Labute approximate surface area is 129 Å². The van der Waals surface area contributed by atoms with Gasteiger partial charge in [0.2, 0.25) is 0 Å². The zero-order valence-electron chi connectivity index (χ0n) is 12.1. The molecule has 0 aromatic heterocycles. The Balaban J connectivity index is 2.24. The summed E-state index contributed by atoms with van der Waals surface area (Å²) < 4.78 is 59.8. The second-order valence-electron chi connectivity index (χ2n) is 5.05. The van der Waals surface area contributed by atoms with Gasteiger partial charge in [0.05, 0.1) is 30.9 Å². The van der Waals surface area contributed by atoms with Crippen molar-refractivity contribution in [3.63, 3.8) is 0 Å². The van der Waals surface area contributed by atoms with E-state index in [4.69, 9.17) is 4.74 Å². The first-order valence-electron chi connectivity index (χ1n) is 6.71. The summed E-state index contributed by atoms with van der Waals surface area (Å²) in [4.78, 5) is 13.5. The molecular weight excluding hydrogens is 322 g/mol. The Hall–Kier alpha value is -1.87. The fraction of sp³-hybridized carbons (Fsp3) is 0.500. The maximum atomic E-state index is 13.1. The minimum Gasteiger partial charge on any atom is -0.427 e. The standard InChI is InChI=1S/C14H15F4NO4/c1-19(9-6-22-7-10(9)20)12(21)8-4-2-3-5-11(8)23-14(17,18)13(15)16/h2-5,9-10,13,20H,6-7H2,1H3/t9-,10-/m0/s1. The molecule has 128 valence electrons. The molecule has 1 fully saturated rings. The third-order valence-electron chi connectivity index (χ3n) is 3.46. The molecule has 0 spiro atoms. The van der Waals surface area contributed by atoms with Crippen LogP contribution < -0.4 is 4.74 Å². The molecule has 1 aromatic rings. The normalized spacial score (nSPS) is 21.5. The number of para-hydroxylation sites is 1. The average Bonchev–Trinajstić information content (AvgIpc) is 2.92. The summed E-state index contributed by atoms with van der Waals surface area (Å²) in [6.45, 7) is 0.128. The highest BCUT2D eigenvalue weighted by molar-refractivity contribution is 5.97. The Morgan fingerprint density at radius 3 is 2.61 bits per heavy atom. The first-order chi connectivity index (χ1) is 10.7. The number of carbonyl (C=O) groups is 1. The van der Waals surface area contributed by atoms with Gasteiger partial charge in [0.1, 0.15) is 5.75 Å². The molecule has 2 rings (SSSR count). The maximum Gasteiger partial charge on any atom is 0.461 e. The highest BCUT2D eigenvalue weighted by Crippen LogP contribution is 2.30. The zero-order chi connectivity index (χ0) is 17.2. The van der Waals surface area contributed by atoms with E-state index in [9.17, 15) is 27.5 Å². The molecule has 0 radical (unpaired) electrons. The number of amides is 1. The third-order valence-corrected chi connectivity index (χ3v) is 3.46. The van der Waals surface area contributed by atoms with Gasteiger partial charge in [0.25, 0.3) is 5.91 Å². The van der Waals surface area contributed by atoms with Crippen LogP contribution in [0.4, 0.5) is 17.6 Å². The highest BCUT2D eigenvalue weighted by atomic mass is 19.3. The van der Waals surface area contributed by atoms with Gasteiger partial charge in [-0.05, 0) is 12.1 Å². The van der Waals surface area contributed by atoms with Crippen molar-refractivity contribution < 1.29 is 36.9 Å². The van der Waals surface area contributed by atoms with Crippen molar-refractivity contribution in [3.05, 3.63) is 29.8 Å². The highest BCUT2D eigenvalue weighted by Gasteiger charge is 2.45. The molecule has 1 N–H and O–H groups in total. The molecule has 1 saturated heterocycles. The predicted octanol–water partition coefficient (Wildman–Crippen LogP) is 1.75. The summed E-state index contributed by atoms with van der Waals surface area (Å²) >= 11 is 0. The predicted molar refractivity (Wildman–Crippen MR) is 70.7 cm³/mol. The van der Waals surface area contributed by atoms with E-state index in [1.54, 1.807) is 0 Å². The van der Waals surface area contributed by atoms with Gasteiger partial charge in [-0.25, -0.2) is 0 Å². The van der Waals surface area contributed by atoms with Crippen LogP contribution >= 0.6 is 0 Å². The molecule has 1 amide bonds. The molecule has 1 aliphatic heterocycles. The maximum absolute atomic E-state index is 13.1. The van der Waals surface area contributed by atoms with E-state index >= 15 is 0 Å². The van der Waals surface area contributed by atoms with Gasteiger partial charge in [-0.3, -0.25) is 4.79 Å². The lowest BCUT2D eigenvalue weighted by Gasteiger charge is -2.27. The smallest absolute Gasteiger partial charge is 0.427 e. The van der Waals surface area contributed by atoms with Gasteiger partial charge < -0.3 is 19.5 Å². The number of nitrogens with zero attached hydrogens (tertiary/aromatic N) is 1. The minimum atomic E-state index is -4.72. The van der Waals surface area contributed by atoms with Crippen LogP contribution in [0.15, 0.2) is 24.3 Å². The molecule has 9 heteroatoms. The molecule has 0 saturated carbocycles. The fourth-order valence-corrected chi connectivity index (χ4v) is 2.17. The number of aliphatic hydroxyl groups excluding tert-OH is 1. The molecule has 0 unspecified atom stereocenters. The topological polar surface area (TPSA) is 59.0 Å². The lowest BCUT2D eigenvalue weighted by molar-refractivity contribution is -0.253. The lowest BCUT2D eigenvalue weighted by Crippen LogP contribution is -2.44. The Bertz CT molecular complexity index is 569. The molecule has 2 atom stereocenters. The molecule has 23 heavy (non-hydrogen) atoms. The van der Waals surface area contributed by atoms with Gasteiger partial charge in [-0.2, -0.15) is 17.6 Å². The number of alkyl halides is 4. The summed E-state index contributed by atoms with van der Waals surface area (Å²) in [5.41, 5.74) is -0.311. The number of hydrogen-bond acceptors (Lipinski definition) is 4. The van der Waals surface area contributed by atoms with E-state index in [2.05, 4.69) is 4.74 Å². The van der Waals surface area contributed by atoms with Crippen LogP contribution in [-0.2, 0) is 4.74 Å². The molecule has 1 heterocycles. The molecule has 5 nitrogen and oxygen atoms in total. The molecule has 0 aliphatic carbocycles. The summed E-state index contributed by atoms with van der Waals surface area (Å²) in [5.74, 6) is -1.41. The van der Waals surface area contributed by atoms with Crippen LogP contribution in [-0.4, -0.2) is 60.9 Å². The van der Waals surface area contributed by atoms with Crippen LogP contribution in [0, 0.1) is 0 Å². The summed E-state index contributed by atoms with van der Waals surface area (Å²) in [6, 6.07) is 4.18. The number of ether oxygens (including phenoxy) is 2. The van der Waals surface area contributed by atoms with Gasteiger partial charge in [0.15, 0.2) is 0 Å². The third kappa shape index (κ3) is 3.73. The summed E-state index contributed by atoms with van der Waals surface area (Å²) in [5, 5.41) is 9.71. The Kier molecular flexibility index (Phi) is 5.10. The SMILES string of the molecule is CN(C(=O)c1ccccc1OC(F)(F)C(F)F)[C@H]1COC[C@@H]1O. The number of hydrogen-bond donors (Lipinski definition) is 1. The second kappa shape index (κ2) is 6.71. The Morgan fingerprint density at radius 2 is 2.04 bits per heavy atom. The number of halogens is 4. The first kappa shape index (κ1) is 17.5. The van der Waals surface area contributed by atoms with Crippen LogP contribution in [0.1, 0.15) is 10.4 Å². The summed E-state index contributed by atoms with van der Waals surface area (Å²) in [7, 11) is 1.35. The largest absolute Gasteiger partial charge is 0.461 e. The molecule has 1 aromatic carbocycles. The zero-order valence-corrected chi connectivity index (χ0v) is 12.1. The fourth-order valence-electron chi connectivity index (χ4n) is 2.17. The second-order valence-corrected chi connectivity index (χ2v) is 5.05. The van der Waals surface area contributed by atoms with E-state index in [1.807, 2.05) is 0 Å². The number of benzene rings is 1. The van der Waals surface area contributed by atoms with Crippen LogP contribution in [0.25, 0.3) is 0 Å². The van der Waals surface area contributed by atoms with E-state index < -0.39 is 36.3 Å². The van der Waals surface area contributed by atoms with Crippen LogP contribution in [0.3, 0.4) is 0 Å². The van der Waals surface area contributed by atoms with Crippen molar-refractivity contribution in [1.29, 1.82) is 0 Å². The van der Waals surface area contributed by atoms with Gasteiger partial charge >= 0.3 is 12.5 Å².